The van der Waals surface area contributed by atoms with Crippen molar-refractivity contribution in [3.8, 4) is 0 Å². The Hall–Kier alpha value is -3.09. The number of allylic oxidation sites excluding steroid dienone is 2. The normalized spacial score (nSPS) is 25.1. The molecule has 1 aliphatic heterocycles. The van der Waals surface area contributed by atoms with Crippen molar-refractivity contribution in [3.05, 3.63) is 71.3 Å². The van der Waals surface area contributed by atoms with Gasteiger partial charge in [-0.25, -0.2) is 4.39 Å². The highest BCUT2D eigenvalue weighted by atomic mass is 19.1. The van der Waals surface area contributed by atoms with Gasteiger partial charge in [-0.1, -0.05) is 39.5 Å². The number of azo groups is 1. The average Bonchev–Trinajstić information content (AvgIpc) is 3.28. The molecule has 1 amide bonds. The summed E-state index contributed by atoms with van der Waals surface area (Å²) >= 11 is 0. The van der Waals surface area contributed by atoms with Crippen LogP contribution in [-0.2, 0) is 4.79 Å². The maximum absolute atomic E-state index is 14.4. The predicted molar refractivity (Wildman–Crippen MR) is 132 cm³/mol. The maximum atomic E-state index is 14.4. The van der Waals surface area contributed by atoms with Gasteiger partial charge >= 0.3 is 0 Å². The molecule has 0 spiro atoms. The van der Waals surface area contributed by atoms with Crippen LogP contribution in [0.4, 0.5) is 4.39 Å². The van der Waals surface area contributed by atoms with Crippen LogP contribution in [0, 0.1) is 29.5 Å². The third kappa shape index (κ3) is 3.91. The summed E-state index contributed by atoms with van der Waals surface area (Å²) in [5.41, 5.74) is 3.05. The van der Waals surface area contributed by atoms with Gasteiger partial charge in [0.2, 0.25) is 5.91 Å². The molecule has 1 saturated heterocycles. The van der Waals surface area contributed by atoms with Crippen molar-refractivity contribution in [2.24, 2.45) is 27.0 Å². The molecule has 2 fully saturated rings. The number of hydrogen-bond donors (Lipinski definition) is 1. The molecule has 4 rings (SSSR count). The number of aromatic amines is 1. The van der Waals surface area contributed by atoms with E-state index in [-0.39, 0.29) is 23.1 Å². The summed E-state index contributed by atoms with van der Waals surface area (Å²) in [7, 11) is 1.57. The third-order valence-electron chi connectivity index (χ3n) is 8.25. The molecular formula is C27H34FN5O. The van der Waals surface area contributed by atoms with E-state index in [2.05, 4.69) is 47.8 Å². The number of H-pyrrole nitrogens is 1. The number of nitrogens with zero attached hydrogens (tertiary/aromatic N) is 4. The van der Waals surface area contributed by atoms with Crippen molar-refractivity contribution in [1.29, 1.82) is 0 Å². The topological polar surface area (TPSA) is 73.7 Å². The molecule has 1 N–H and O–H groups in total. The number of hydrogen-bond acceptors (Lipinski definition) is 4. The van der Waals surface area contributed by atoms with E-state index in [1.165, 1.54) is 6.07 Å². The molecule has 1 saturated carbocycles. The summed E-state index contributed by atoms with van der Waals surface area (Å²) in [5.74, 6) is 0.212. The smallest absolute Gasteiger partial charge is 0.229 e. The van der Waals surface area contributed by atoms with Gasteiger partial charge in [0, 0.05) is 37.8 Å². The second-order valence-electron chi connectivity index (χ2n) is 10.4. The van der Waals surface area contributed by atoms with E-state index < -0.39 is 5.41 Å². The highest BCUT2D eigenvalue weighted by Crippen LogP contribution is 2.59. The Morgan fingerprint density at radius 3 is 2.62 bits per heavy atom. The molecule has 7 heteroatoms. The molecule has 34 heavy (non-hydrogen) atoms. The largest absolute Gasteiger partial charge is 0.341 e. The molecule has 2 aromatic rings. The lowest BCUT2D eigenvalue weighted by atomic mass is 9.63. The molecule has 0 radical (unpaired) electrons. The lowest BCUT2D eigenvalue weighted by Crippen LogP contribution is -2.56. The van der Waals surface area contributed by atoms with Crippen LogP contribution in [0.1, 0.15) is 56.4 Å². The Labute approximate surface area is 201 Å². The highest BCUT2D eigenvalue weighted by Gasteiger charge is 2.58. The first-order valence-corrected chi connectivity index (χ1v) is 11.8. The fourth-order valence-electron chi connectivity index (χ4n) is 5.69. The lowest BCUT2D eigenvalue weighted by Gasteiger charge is -2.48. The zero-order valence-corrected chi connectivity index (χ0v) is 20.7. The number of likely N-dealkylation sites (tertiary alicyclic amines) is 1. The van der Waals surface area contributed by atoms with Crippen molar-refractivity contribution < 1.29 is 9.18 Å². The average molecular weight is 464 g/mol. The minimum Gasteiger partial charge on any atom is -0.341 e. The molecule has 2 heterocycles. The zero-order chi connectivity index (χ0) is 24.7. The molecular weight excluding hydrogens is 429 g/mol. The number of amides is 1. The standard InChI is InChI=1S/C27H34FN5O/c1-17(13-23(31-29-6)20-9-7-8-10-22(20)28)21-11-12-27(5,26(21,3)4)25(34)33-15-19(16-33)24-18(2)14-30-32-24/h7-10,13-14,19,21H,1,11-12,15-16H2,2-6H3,(H,30,32)/b23-13-,31-29-/t21-,27-/m0/s1. The van der Waals surface area contributed by atoms with Gasteiger partial charge in [-0.05, 0) is 60.4 Å². The minimum atomic E-state index is -0.509. The minimum absolute atomic E-state index is 0.0703. The lowest BCUT2D eigenvalue weighted by molar-refractivity contribution is -0.152. The maximum Gasteiger partial charge on any atom is 0.229 e. The number of aryl methyl sites for hydroxylation is 1. The van der Waals surface area contributed by atoms with E-state index in [4.69, 9.17) is 0 Å². The van der Waals surface area contributed by atoms with Crippen molar-refractivity contribution in [2.45, 2.75) is 46.5 Å². The number of halogens is 1. The first-order valence-electron chi connectivity index (χ1n) is 11.8. The molecule has 0 bridgehead atoms. The number of rotatable bonds is 6. The van der Waals surface area contributed by atoms with E-state index in [1.54, 1.807) is 25.2 Å². The van der Waals surface area contributed by atoms with Gasteiger partial charge in [0.25, 0.3) is 0 Å². The Bertz CT molecular complexity index is 1160. The predicted octanol–water partition coefficient (Wildman–Crippen LogP) is 5.90. The first-order chi connectivity index (χ1) is 16.1. The number of aromatic nitrogens is 2. The van der Waals surface area contributed by atoms with Crippen LogP contribution in [0.5, 0.6) is 0 Å². The summed E-state index contributed by atoms with van der Waals surface area (Å²) in [6.45, 7) is 14.2. The van der Waals surface area contributed by atoms with Crippen molar-refractivity contribution in [3.63, 3.8) is 0 Å². The SMILES string of the molecule is C=C(/C=C(\N=N/C)c1ccccc1F)[C@@H]1CC[C@@](C)(C(=O)N2CC(c3n[nH]cc3C)C2)C1(C)C. The van der Waals surface area contributed by atoms with E-state index in [1.807, 2.05) is 24.1 Å². The van der Waals surface area contributed by atoms with Gasteiger partial charge in [-0.2, -0.15) is 15.3 Å². The Kier molecular flexibility index (Phi) is 6.32. The van der Waals surface area contributed by atoms with Gasteiger partial charge in [-0.3, -0.25) is 9.89 Å². The first kappa shape index (κ1) is 24.0. The van der Waals surface area contributed by atoms with E-state index >= 15 is 0 Å². The van der Waals surface area contributed by atoms with Crippen molar-refractivity contribution in [1.82, 2.24) is 15.1 Å². The van der Waals surface area contributed by atoms with E-state index in [9.17, 15) is 9.18 Å². The van der Waals surface area contributed by atoms with E-state index in [0.29, 0.717) is 30.3 Å². The van der Waals surface area contributed by atoms with Crippen LogP contribution < -0.4 is 0 Å². The third-order valence-corrected chi connectivity index (χ3v) is 8.25. The molecule has 1 aliphatic carbocycles. The molecule has 6 nitrogen and oxygen atoms in total. The Morgan fingerprint density at radius 2 is 2.00 bits per heavy atom. The van der Waals surface area contributed by atoms with Crippen molar-refractivity contribution in [2.75, 3.05) is 20.1 Å². The highest BCUT2D eigenvalue weighted by molar-refractivity contribution is 5.85. The number of nitrogens with one attached hydrogen (secondary N) is 1. The number of benzene rings is 1. The molecule has 2 atom stereocenters. The zero-order valence-electron chi connectivity index (χ0n) is 20.7. The van der Waals surface area contributed by atoms with Gasteiger partial charge < -0.3 is 4.90 Å². The quantitative estimate of drug-likeness (QED) is 0.427. The van der Waals surface area contributed by atoms with Gasteiger partial charge in [0.1, 0.15) is 5.82 Å². The fraction of sp³-hybridized carbons (Fsp3) is 0.481. The second-order valence-corrected chi connectivity index (χ2v) is 10.4. The van der Waals surface area contributed by atoms with E-state index in [0.717, 1.165) is 29.7 Å². The Balaban J connectivity index is 1.52. The van der Waals surface area contributed by atoms with Crippen molar-refractivity contribution >= 4 is 11.6 Å². The van der Waals surface area contributed by atoms with Crippen LogP contribution in [0.15, 0.2) is 58.9 Å². The monoisotopic (exact) mass is 463 g/mol. The van der Waals surface area contributed by atoms with Crippen LogP contribution >= 0.6 is 0 Å². The second kappa shape index (κ2) is 8.93. The summed E-state index contributed by atoms with van der Waals surface area (Å²) in [5, 5.41) is 15.3. The van der Waals surface area contributed by atoms with Gasteiger partial charge in [-0.15, -0.1) is 0 Å². The summed E-state index contributed by atoms with van der Waals surface area (Å²) in [6, 6.07) is 6.54. The Morgan fingerprint density at radius 1 is 1.29 bits per heavy atom. The molecule has 0 unspecified atom stereocenters. The summed E-state index contributed by atoms with van der Waals surface area (Å²) in [4.78, 5) is 15.7. The van der Waals surface area contributed by atoms with Gasteiger partial charge in [0.05, 0.1) is 16.8 Å². The number of carbonyl (C=O) groups excluding carboxylic acids is 1. The van der Waals surface area contributed by atoms with Crippen LogP contribution in [0.25, 0.3) is 5.70 Å². The van der Waals surface area contributed by atoms with Gasteiger partial charge in [0.15, 0.2) is 0 Å². The molecule has 1 aromatic heterocycles. The molecule has 1 aromatic carbocycles. The van der Waals surface area contributed by atoms with Crippen LogP contribution in [0.3, 0.4) is 0 Å². The fourth-order valence-corrected chi connectivity index (χ4v) is 5.69. The summed E-state index contributed by atoms with van der Waals surface area (Å²) < 4.78 is 14.4. The molecule has 180 valence electrons. The van der Waals surface area contributed by atoms with Crippen LogP contribution in [0.2, 0.25) is 0 Å². The van der Waals surface area contributed by atoms with Crippen LogP contribution in [-0.4, -0.2) is 41.1 Å². The summed E-state index contributed by atoms with van der Waals surface area (Å²) in [6.07, 6.45) is 5.35. The number of carbonyl (C=O) groups is 1. The molecule has 2 aliphatic rings.